The van der Waals surface area contributed by atoms with Gasteiger partial charge in [-0.25, -0.2) is 15.0 Å². The van der Waals surface area contributed by atoms with Crippen molar-refractivity contribution in [2.45, 2.75) is 19.1 Å². The number of nitrogens with zero attached hydrogens (tertiary/aromatic N) is 4. The first-order valence-electron chi connectivity index (χ1n) is 8.83. The molecule has 0 aliphatic heterocycles. The molecule has 4 heterocycles. The number of aryl methyl sites for hydroxylation is 1. The van der Waals surface area contributed by atoms with Crippen LogP contribution < -0.4 is 10.1 Å². The number of rotatable bonds is 7. The van der Waals surface area contributed by atoms with E-state index in [4.69, 9.17) is 4.74 Å². The Bertz CT molecular complexity index is 1050. The molecule has 4 rings (SSSR count). The predicted octanol–water partition coefficient (Wildman–Crippen LogP) is 3.52. The zero-order valence-corrected chi connectivity index (χ0v) is 16.1. The molecule has 4 aromatic heterocycles. The number of aliphatic hydroxyl groups is 1. The number of thiophene rings is 1. The van der Waals surface area contributed by atoms with E-state index in [0.29, 0.717) is 36.1 Å². The topological polar surface area (TPSA) is 93.1 Å². The van der Waals surface area contributed by atoms with Gasteiger partial charge in [0.25, 0.3) is 0 Å². The van der Waals surface area contributed by atoms with E-state index in [-0.39, 0.29) is 0 Å². The van der Waals surface area contributed by atoms with Crippen LogP contribution in [0.5, 0.6) is 5.88 Å². The Kier molecular flexibility index (Phi) is 5.41. The molecule has 0 saturated carbocycles. The summed E-state index contributed by atoms with van der Waals surface area (Å²) in [4.78, 5) is 18.5. The minimum Gasteiger partial charge on any atom is -0.481 e. The van der Waals surface area contributed by atoms with Crippen molar-refractivity contribution in [1.82, 2.24) is 19.9 Å². The SMILES string of the molecule is COc1ccc(CCC(O)Nc2nc(-c3ccccn3)nc3sccc23)cn1. The highest BCUT2D eigenvalue weighted by Gasteiger charge is 2.14. The fourth-order valence-corrected chi connectivity index (χ4v) is 3.55. The standard InChI is InChI=1S/C20H19N5O2S/c1-27-17-8-6-13(12-22-17)5-7-16(26)23-18-14-9-11-28-20(14)25-19(24-18)15-4-2-3-10-21-15/h2-4,6,8-12,16,26H,5,7H2,1H3,(H,23,24,25). The van der Waals surface area contributed by atoms with Gasteiger partial charge in [-0.1, -0.05) is 12.1 Å². The first-order valence-corrected chi connectivity index (χ1v) is 9.71. The lowest BCUT2D eigenvalue weighted by molar-refractivity contribution is 0.193. The van der Waals surface area contributed by atoms with Gasteiger partial charge in [0, 0.05) is 18.5 Å². The zero-order valence-electron chi connectivity index (χ0n) is 15.2. The molecule has 0 saturated heterocycles. The molecule has 0 fully saturated rings. The van der Waals surface area contributed by atoms with Crippen LogP contribution in [0.3, 0.4) is 0 Å². The Morgan fingerprint density at radius 3 is 2.82 bits per heavy atom. The Labute approximate surface area is 166 Å². The molecule has 142 valence electrons. The average Bonchev–Trinajstić information content (AvgIpc) is 3.22. The molecule has 0 aromatic carbocycles. The second kappa shape index (κ2) is 8.28. The van der Waals surface area contributed by atoms with Crippen molar-refractivity contribution in [3.8, 4) is 17.4 Å². The van der Waals surface area contributed by atoms with Gasteiger partial charge in [0.2, 0.25) is 5.88 Å². The lowest BCUT2D eigenvalue weighted by Gasteiger charge is -2.15. The van der Waals surface area contributed by atoms with E-state index in [1.165, 1.54) is 11.3 Å². The number of aliphatic hydroxyl groups excluding tert-OH is 1. The number of aromatic nitrogens is 4. The molecule has 7 nitrogen and oxygen atoms in total. The van der Waals surface area contributed by atoms with E-state index in [0.717, 1.165) is 15.8 Å². The molecule has 8 heteroatoms. The summed E-state index contributed by atoms with van der Waals surface area (Å²) in [5, 5.41) is 16.5. The highest BCUT2D eigenvalue weighted by molar-refractivity contribution is 7.16. The van der Waals surface area contributed by atoms with E-state index in [2.05, 4.69) is 25.3 Å². The van der Waals surface area contributed by atoms with Crippen LogP contribution in [0.25, 0.3) is 21.7 Å². The van der Waals surface area contributed by atoms with E-state index in [9.17, 15) is 5.11 Å². The quantitative estimate of drug-likeness (QED) is 0.464. The summed E-state index contributed by atoms with van der Waals surface area (Å²) >= 11 is 1.53. The fourth-order valence-electron chi connectivity index (χ4n) is 2.79. The highest BCUT2D eigenvalue weighted by Crippen LogP contribution is 2.28. The van der Waals surface area contributed by atoms with Crippen molar-refractivity contribution < 1.29 is 9.84 Å². The van der Waals surface area contributed by atoms with Gasteiger partial charge in [-0.15, -0.1) is 11.3 Å². The minimum atomic E-state index is -0.753. The molecule has 0 radical (unpaired) electrons. The monoisotopic (exact) mass is 393 g/mol. The minimum absolute atomic E-state index is 0.516. The average molecular weight is 393 g/mol. The molecule has 0 spiro atoms. The van der Waals surface area contributed by atoms with Crippen LogP contribution in [0, 0.1) is 0 Å². The van der Waals surface area contributed by atoms with E-state index >= 15 is 0 Å². The Morgan fingerprint density at radius 1 is 1.14 bits per heavy atom. The third kappa shape index (κ3) is 4.08. The molecule has 4 aromatic rings. The molecule has 1 unspecified atom stereocenters. The maximum Gasteiger partial charge on any atom is 0.212 e. The van der Waals surface area contributed by atoms with Gasteiger partial charge in [-0.05, 0) is 42.0 Å². The largest absolute Gasteiger partial charge is 0.481 e. The van der Waals surface area contributed by atoms with Crippen LogP contribution in [0.4, 0.5) is 5.82 Å². The van der Waals surface area contributed by atoms with Gasteiger partial charge in [-0.2, -0.15) is 0 Å². The van der Waals surface area contributed by atoms with Crippen LogP contribution in [0.2, 0.25) is 0 Å². The number of nitrogens with one attached hydrogen (secondary N) is 1. The van der Waals surface area contributed by atoms with Crippen molar-refractivity contribution in [1.29, 1.82) is 0 Å². The summed E-state index contributed by atoms with van der Waals surface area (Å²) in [6.07, 6.45) is 3.91. The predicted molar refractivity (Wildman–Crippen MR) is 109 cm³/mol. The molecule has 1 atom stereocenters. The normalized spacial score (nSPS) is 12.1. The van der Waals surface area contributed by atoms with Gasteiger partial charge < -0.3 is 15.2 Å². The Hall–Kier alpha value is -3.10. The second-order valence-electron chi connectivity index (χ2n) is 6.16. The maximum atomic E-state index is 10.5. The van der Waals surface area contributed by atoms with Crippen LogP contribution in [-0.4, -0.2) is 38.4 Å². The van der Waals surface area contributed by atoms with E-state index < -0.39 is 6.23 Å². The van der Waals surface area contributed by atoms with Gasteiger partial charge in [0.05, 0.1) is 12.5 Å². The molecule has 28 heavy (non-hydrogen) atoms. The first kappa shape index (κ1) is 18.3. The van der Waals surface area contributed by atoms with Crippen molar-refractivity contribution in [2.24, 2.45) is 0 Å². The smallest absolute Gasteiger partial charge is 0.212 e. The summed E-state index contributed by atoms with van der Waals surface area (Å²) < 4.78 is 5.06. The second-order valence-corrected chi connectivity index (χ2v) is 7.05. The van der Waals surface area contributed by atoms with Crippen LogP contribution >= 0.6 is 11.3 Å². The van der Waals surface area contributed by atoms with Crippen molar-refractivity contribution in [2.75, 3.05) is 12.4 Å². The van der Waals surface area contributed by atoms with Gasteiger partial charge in [0.15, 0.2) is 5.82 Å². The molecule has 0 aliphatic rings. The lowest BCUT2D eigenvalue weighted by atomic mass is 10.1. The summed E-state index contributed by atoms with van der Waals surface area (Å²) in [6, 6.07) is 11.3. The number of ether oxygens (including phenoxy) is 1. The summed E-state index contributed by atoms with van der Waals surface area (Å²) in [7, 11) is 1.59. The maximum absolute atomic E-state index is 10.5. The van der Waals surface area contributed by atoms with Crippen molar-refractivity contribution >= 4 is 27.4 Å². The van der Waals surface area contributed by atoms with Crippen molar-refractivity contribution in [3.63, 3.8) is 0 Å². The molecular formula is C20H19N5O2S. The van der Waals surface area contributed by atoms with Gasteiger partial charge >= 0.3 is 0 Å². The number of fused-ring (bicyclic) bond motifs is 1. The summed E-state index contributed by atoms with van der Waals surface area (Å²) in [6.45, 7) is 0. The third-order valence-corrected chi connectivity index (χ3v) is 5.04. The molecular weight excluding hydrogens is 374 g/mol. The zero-order chi connectivity index (χ0) is 19.3. The molecule has 0 amide bonds. The van der Waals surface area contributed by atoms with Crippen LogP contribution in [0.15, 0.2) is 54.2 Å². The lowest BCUT2D eigenvalue weighted by Crippen LogP contribution is -2.20. The van der Waals surface area contributed by atoms with E-state index in [1.807, 2.05) is 41.8 Å². The van der Waals surface area contributed by atoms with E-state index in [1.54, 1.807) is 19.5 Å². The third-order valence-electron chi connectivity index (χ3n) is 4.24. The first-order chi connectivity index (χ1) is 13.7. The van der Waals surface area contributed by atoms with Gasteiger partial charge in [-0.3, -0.25) is 4.98 Å². The number of hydrogen-bond donors (Lipinski definition) is 2. The van der Waals surface area contributed by atoms with Crippen molar-refractivity contribution in [3.05, 3.63) is 59.7 Å². The number of hydrogen-bond acceptors (Lipinski definition) is 8. The highest BCUT2D eigenvalue weighted by atomic mass is 32.1. The molecule has 2 N–H and O–H groups in total. The Balaban J connectivity index is 1.50. The van der Waals surface area contributed by atoms with Crippen LogP contribution in [-0.2, 0) is 6.42 Å². The number of methoxy groups -OCH3 is 1. The fraction of sp³-hybridized carbons (Fsp3) is 0.200. The summed E-state index contributed by atoms with van der Waals surface area (Å²) in [5.74, 6) is 1.71. The Morgan fingerprint density at radius 2 is 2.07 bits per heavy atom. The number of anilines is 1. The van der Waals surface area contributed by atoms with Gasteiger partial charge in [0.1, 0.15) is 22.6 Å². The molecule has 0 aliphatic carbocycles. The number of pyridine rings is 2. The molecule has 0 bridgehead atoms. The summed E-state index contributed by atoms with van der Waals surface area (Å²) in [5.41, 5.74) is 1.72. The van der Waals surface area contributed by atoms with Crippen LogP contribution in [0.1, 0.15) is 12.0 Å².